The molecular formula is C29H35N5O4. The predicted octanol–water partition coefficient (Wildman–Crippen LogP) is 3.43. The van der Waals surface area contributed by atoms with Crippen LogP contribution in [0.1, 0.15) is 41.6 Å². The van der Waals surface area contributed by atoms with Gasteiger partial charge < -0.3 is 30.5 Å². The van der Waals surface area contributed by atoms with Crippen LogP contribution in [-0.4, -0.2) is 71.1 Å². The van der Waals surface area contributed by atoms with Crippen molar-refractivity contribution in [1.29, 1.82) is 0 Å². The van der Waals surface area contributed by atoms with Gasteiger partial charge in [-0.3, -0.25) is 4.79 Å². The molecule has 9 nitrogen and oxygen atoms in total. The molecule has 5 rings (SSSR count). The number of nitrogens with two attached hydrogens (primary N) is 1. The zero-order chi connectivity index (χ0) is 26.3. The van der Waals surface area contributed by atoms with E-state index in [0.717, 1.165) is 57.4 Å². The standard InChI is InChI=1S/C29H35N5O4/c30-28-27(19-25(32-33-28)24-3-1-2-4-26(24)35)37-18-13-20-5-7-21(8-6-20)29(36)34-16-11-23(12-17-34)38-22-9-14-31-15-10-22/h1-8,19,22-23,31,35H,9-18H2,(H2,30,33). The highest BCUT2D eigenvalue weighted by Gasteiger charge is 2.26. The number of hydrogen-bond acceptors (Lipinski definition) is 8. The first-order chi connectivity index (χ1) is 18.6. The smallest absolute Gasteiger partial charge is 0.253 e. The number of carbonyl (C=O) groups is 1. The molecule has 2 aromatic carbocycles. The summed E-state index contributed by atoms with van der Waals surface area (Å²) < 4.78 is 12.2. The van der Waals surface area contributed by atoms with Crippen LogP contribution < -0.4 is 15.8 Å². The van der Waals surface area contributed by atoms with E-state index in [1.807, 2.05) is 35.2 Å². The fourth-order valence-electron chi connectivity index (χ4n) is 5.00. The second kappa shape index (κ2) is 12.2. The molecule has 3 heterocycles. The number of carbonyl (C=O) groups excluding carboxylic acids is 1. The summed E-state index contributed by atoms with van der Waals surface area (Å²) in [6.07, 6.45) is 5.18. The van der Waals surface area contributed by atoms with Crippen molar-refractivity contribution >= 4 is 11.7 Å². The van der Waals surface area contributed by atoms with E-state index in [1.54, 1.807) is 24.3 Å². The molecule has 2 saturated heterocycles. The summed E-state index contributed by atoms with van der Waals surface area (Å²) in [5, 5.41) is 21.5. The number of ether oxygens (including phenoxy) is 2. The van der Waals surface area contributed by atoms with E-state index >= 15 is 0 Å². The molecule has 0 bridgehead atoms. The van der Waals surface area contributed by atoms with E-state index in [2.05, 4.69) is 15.5 Å². The molecule has 0 radical (unpaired) electrons. The second-order valence-electron chi connectivity index (χ2n) is 9.87. The quantitative estimate of drug-likeness (QED) is 0.415. The van der Waals surface area contributed by atoms with Crippen molar-refractivity contribution in [3.05, 3.63) is 65.7 Å². The van der Waals surface area contributed by atoms with Crippen LogP contribution in [0.25, 0.3) is 11.3 Å². The lowest BCUT2D eigenvalue weighted by Gasteiger charge is -2.35. The number of likely N-dealkylation sites (tertiary alicyclic amines) is 1. The first-order valence-corrected chi connectivity index (χ1v) is 13.4. The molecule has 3 aromatic rings. The SMILES string of the molecule is Nc1nnc(-c2ccccc2O)cc1OCCc1ccc(C(=O)N2CCC(OC3CCNCC3)CC2)cc1. The Morgan fingerprint density at radius 2 is 1.71 bits per heavy atom. The molecule has 0 aliphatic carbocycles. The highest BCUT2D eigenvalue weighted by molar-refractivity contribution is 5.94. The summed E-state index contributed by atoms with van der Waals surface area (Å²) >= 11 is 0. The number of anilines is 1. The van der Waals surface area contributed by atoms with Crippen molar-refractivity contribution in [2.75, 3.05) is 38.5 Å². The van der Waals surface area contributed by atoms with E-state index in [0.29, 0.717) is 41.7 Å². The number of aromatic nitrogens is 2. The fraction of sp³-hybridized carbons (Fsp3) is 0.414. The summed E-state index contributed by atoms with van der Waals surface area (Å²) in [5.74, 6) is 0.787. The van der Waals surface area contributed by atoms with Crippen LogP contribution in [0.4, 0.5) is 5.82 Å². The molecule has 0 saturated carbocycles. The Morgan fingerprint density at radius 3 is 2.45 bits per heavy atom. The van der Waals surface area contributed by atoms with Crippen LogP contribution in [0.3, 0.4) is 0 Å². The molecule has 2 aliphatic rings. The first-order valence-electron chi connectivity index (χ1n) is 13.4. The van der Waals surface area contributed by atoms with Gasteiger partial charge in [0, 0.05) is 36.7 Å². The molecule has 1 aromatic heterocycles. The zero-order valence-electron chi connectivity index (χ0n) is 21.5. The average molecular weight is 518 g/mol. The number of aromatic hydroxyl groups is 1. The van der Waals surface area contributed by atoms with Crippen LogP contribution in [-0.2, 0) is 11.2 Å². The first kappa shape index (κ1) is 25.9. The molecule has 0 spiro atoms. The third-order valence-electron chi connectivity index (χ3n) is 7.22. The Bertz CT molecular complexity index is 1220. The van der Waals surface area contributed by atoms with Gasteiger partial charge in [0.1, 0.15) is 11.4 Å². The van der Waals surface area contributed by atoms with Gasteiger partial charge in [-0.2, -0.15) is 0 Å². The molecule has 1 amide bonds. The van der Waals surface area contributed by atoms with Gasteiger partial charge >= 0.3 is 0 Å². The lowest BCUT2D eigenvalue weighted by molar-refractivity contribution is -0.0499. The van der Waals surface area contributed by atoms with E-state index in [-0.39, 0.29) is 23.6 Å². The topological polar surface area (TPSA) is 123 Å². The van der Waals surface area contributed by atoms with Gasteiger partial charge in [0.2, 0.25) is 0 Å². The number of benzene rings is 2. The number of phenols is 1. The van der Waals surface area contributed by atoms with Gasteiger partial charge in [0.15, 0.2) is 11.6 Å². The van der Waals surface area contributed by atoms with Crippen LogP contribution in [0, 0.1) is 0 Å². The number of para-hydroxylation sites is 1. The summed E-state index contributed by atoms with van der Waals surface area (Å²) in [5.41, 5.74) is 8.74. The van der Waals surface area contributed by atoms with Gasteiger partial charge in [-0.25, -0.2) is 0 Å². The Kier molecular flexibility index (Phi) is 8.35. The number of rotatable bonds is 8. The van der Waals surface area contributed by atoms with Crippen LogP contribution >= 0.6 is 0 Å². The number of hydrogen-bond donors (Lipinski definition) is 3. The van der Waals surface area contributed by atoms with Crippen molar-refractivity contribution in [3.8, 4) is 22.8 Å². The molecule has 2 fully saturated rings. The molecule has 38 heavy (non-hydrogen) atoms. The highest BCUT2D eigenvalue weighted by Crippen LogP contribution is 2.30. The lowest BCUT2D eigenvalue weighted by Crippen LogP contribution is -2.43. The fourth-order valence-corrected chi connectivity index (χ4v) is 5.00. The normalized spacial score (nSPS) is 16.9. The minimum Gasteiger partial charge on any atom is -0.507 e. The van der Waals surface area contributed by atoms with Gasteiger partial charge in [-0.05, 0) is 68.6 Å². The molecule has 200 valence electrons. The Morgan fingerprint density at radius 1 is 1.00 bits per heavy atom. The zero-order valence-corrected chi connectivity index (χ0v) is 21.5. The maximum Gasteiger partial charge on any atom is 0.253 e. The van der Waals surface area contributed by atoms with E-state index in [9.17, 15) is 9.90 Å². The third-order valence-corrected chi connectivity index (χ3v) is 7.22. The molecule has 9 heteroatoms. The summed E-state index contributed by atoms with van der Waals surface area (Å²) in [4.78, 5) is 15.0. The summed E-state index contributed by atoms with van der Waals surface area (Å²) in [6, 6.07) is 16.3. The third kappa shape index (κ3) is 6.41. The largest absolute Gasteiger partial charge is 0.507 e. The van der Waals surface area contributed by atoms with Gasteiger partial charge in [-0.1, -0.05) is 24.3 Å². The van der Waals surface area contributed by atoms with Crippen molar-refractivity contribution in [2.24, 2.45) is 0 Å². The van der Waals surface area contributed by atoms with Crippen LogP contribution in [0.2, 0.25) is 0 Å². The van der Waals surface area contributed by atoms with Gasteiger partial charge in [-0.15, -0.1) is 10.2 Å². The lowest BCUT2D eigenvalue weighted by atomic mass is 10.0. The van der Waals surface area contributed by atoms with Crippen molar-refractivity contribution in [1.82, 2.24) is 20.4 Å². The predicted molar refractivity (Wildman–Crippen MR) is 145 cm³/mol. The summed E-state index contributed by atoms with van der Waals surface area (Å²) in [6.45, 7) is 3.90. The average Bonchev–Trinajstić information content (AvgIpc) is 2.95. The maximum absolute atomic E-state index is 13.0. The highest BCUT2D eigenvalue weighted by atomic mass is 16.5. The molecule has 4 N–H and O–H groups in total. The number of phenolic OH excluding ortho intramolecular Hbond substituents is 1. The minimum atomic E-state index is 0.0699. The summed E-state index contributed by atoms with van der Waals surface area (Å²) in [7, 11) is 0. The molecule has 0 atom stereocenters. The monoisotopic (exact) mass is 517 g/mol. The number of nitrogens with zero attached hydrogens (tertiary/aromatic N) is 3. The van der Waals surface area contributed by atoms with Crippen molar-refractivity contribution in [3.63, 3.8) is 0 Å². The molecule has 0 unspecified atom stereocenters. The number of piperidine rings is 2. The number of nitrogen functional groups attached to an aromatic ring is 1. The van der Waals surface area contributed by atoms with Crippen molar-refractivity contribution in [2.45, 2.75) is 44.3 Å². The molecular weight excluding hydrogens is 482 g/mol. The number of amides is 1. The maximum atomic E-state index is 13.0. The van der Waals surface area contributed by atoms with Crippen LogP contribution in [0.5, 0.6) is 11.5 Å². The Balaban J connectivity index is 1.10. The van der Waals surface area contributed by atoms with E-state index < -0.39 is 0 Å². The van der Waals surface area contributed by atoms with E-state index in [1.165, 1.54) is 0 Å². The van der Waals surface area contributed by atoms with E-state index in [4.69, 9.17) is 15.2 Å². The Labute approximate surface area is 223 Å². The second-order valence-corrected chi connectivity index (χ2v) is 9.87. The molecule has 2 aliphatic heterocycles. The van der Waals surface area contributed by atoms with Gasteiger partial charge in [0.05, 0.1) is 18.8 Å². The van der Waals surface area contributed by atoms with Gasteiger partial charge in [0.25, 0.3) is 5.91 Å². The number of nitrogens with one attached hydrogen (secondary N) is 1. The van der Waals surface area contributed by atoms with Crippen molar-refractivity contribution < 1.29 is 19.4 Å². The Hall–Kier alpha value is -3.69. The van der Waals surface area contributed by atoms with Crippen LogP contribution in [0.15, 0.2) is 54.6 Å². The minimum absolute atomic E-state index is 0.0699.